The highest BCUT2D eigenvalue weighted by Crippen LogP contribution is 2.30. The number of rotatable bonds is 7. The molecule has 1 fully saturated rings. The maximum absolute atomic E-state index is 12.8. The van der Waals surface area contributed by atoms with Crippen LogP contribution in [0.5, 0.6) is 5.75 Å². The van der Waals surface area contributed by atoms with E-state index in [0.29, 0.717) is 16.2 Å². The Hall–Kier alpha value is -3.89. The van der Waals surface area contributed by atoms with Gasteiger partial charge in [-0.2, -0.15) is 0 Å². The van der Waals surface area contributed by atoms with Crippen molar-refractivity contribution in [2.45, 2.75) is 32.9 Å². The summed E-state index contributed by atoms with van der Waals surface area (Å²) in [6.07, 6.45) is 0. The largest absolute Gasteiger partial charge is 0.497 e. The second kappa shape index (κ2) is 9.08. The molecule has 1 atom stereocenters. The fourth-order valence-electron chi connectivity index (χ4n) is 3.51. The van der Waals surface area contributed by atoms with E-state index in [2.05, 4.69) is 10.6 Å². The van der Waals surface area contributed by atoms with Crippen molar-refractivity contribution < 1.29 is 33.4 Å². The second-order valence-electron chi connectivity index (χ2n) is 7.36. The van der Waals surface area contributed by atoms with Crippen LogP contribution >= 0.6 is 0 Å². The number of imide groups is 2. The molecule has 0 saturated carbocycles. The molecule has 1 aromatic carbocycles. The number of carbonyl (C=O) groups is 5. The zero-order valence-electron chi connectivity index (χ0n) is 18.1. The first-order valence-electron chi connectivity index (χ1n) is 10.00. The number of amides is 6. The van der Waals surface area contributed by atoms with Gasteiger partial charge in [0.2, 0.25) is 0 Å². The van der Waals surface area contributed by atoms with Crippen molar-refractivity contribution in [3.63, 3.8) is 0 Å². The fourth-order valence-corrected chi connectivity index (χ4v) is 3.51. The Morgan fingerprint density at radius 3 is 2.28 bits per heavy atom. The lowest BCUT2D eigenvalue weighted by molar-refractivity contribution is -0.143. The first-order chi connectivity index (χ1) is 15.2. The highest BCUT2D eigenvalue weighted by atomic mass is 16.5. The predicted molar refractivity (Wildman–Crippen MR) is 110 cm³/mol. The maximum Gasteiger partial charge on any atom is 0.338 e. The van der Waals surface area contributed by atoms with Crippen molar-refractivity contribution in [3.8, 4) is 5.75 Å². The Bertz CT molecular complexity index is 1000. The third kappa shape index (κ3) is 4.13. The predicted octanol–water partition coefficient (Wildman–Crippen LogP) is 1.07. The number of methoxy groups -OCH3 is 1. The van der Waals surface area contributed by atoms with Gasteiger partial charge in [0.15, 0.2) is 0 Å². The summed E-state index contributed by atoms with van der Waals surface area (Å²) in [6, 6.07) is 3.77. The monoisotopic (exact) mass is 444 g/mol. The van der Waals surface area contributed by atoms with Gasteiger partial charge in [0.05, 0.1) is 37.6 Å². The smallest absolute Gasteiger partial charge is 0.338 e. The van der Waals surface area contributed by atoms with Crippen LogP contribution in [0.4, 0.5) is 9.59 Å². The van der Waals surface area contributed by atoms with Crippen LogP contribution in [0, 0.1) is 0 Å². The lowest BCUT2D eigenvalue weighted by Crippen LogP contribution is -2.49. The molecule has 0 spiro atoms. The van der Waals surface area contributed by atoms with E-state index in [-0.39, 0.29) is 17.9 Å². The molecule has 0 aliphatic carbocycles. The van der Waals surface area contributed by atoms with Crippen molar-refractivity contribution in [2.75, 3.05) is 20.3 Å². The van der Waals surface area contributed by atoms with E-state index in [4.69, 9.17) is 9.47 Å². The van der Waals surface area contributed by atoms with Crippen LogP contribution in [0.25, 0.3) is 0 Å². The molecule has 2 N–H and O–H groups in total. The van der Waals surface area contributed by atoms with E-state index < -0.39 is 48.5 Å². The van der Waals surface area contributed by atoms with Crippen molar-refractivity contribution >= 4 is 29.8 Å². The Morgan fingerprint density at radius 2 is 1.75 bits per heavy atom. The van der Waals surface area contributed by atoms with Crippen molar-refractivity contribution in [2.24, 2.45) is 0 Å². The molecule has 6 amide bonds. The van der Waals surface area contributed by atoms with Gasteiger partial charge >= 0.3 is 29.8 Å². The number of hydrogen-bond acceptors (Lipinski definition) is 7. The average molecular weight is 444 g/mol. The molecule has 170 valence electrons. The van der Waals surface area contributed by atoms with Gasteiger partial charge in [-0.1, -0.05) is 12.1 Å². The molecule has 11 heteroatoms. The summed E-state index contributed by atoms with van der Waals surface area (Å²) in [5, 5.41) is 5.14. The first-order valence-corrected chi connectivity index (χ1v) is 10.00. The first kappa shape index (κ1) is 22.8. The fraction of sp³-hybridized carbons (Fsp3) is 0.381. The number of hydrogen-bond donors (Lipinski definition) is 2. The molecule has 0 unspecified atom stereocenters. The Morgan fingerprint density at radius 1 is 1.09 bits per heavy atom. The molecule has 0 radical (unpaired) electrons. The Labute approximate surface area is 184 Å². The summed E-state index contributed by atoms with van der Waals surface area (Å²) < 4.78 is 10.3. The number of urea groups is 2. The number of nitrogens with one attached hydrogen (secondary N) is 2. The van der Waals surface area contributed by atoms with E-state index in [1.54, 1.807) is 45.0 Å². The van der Waals surface area contributed by atoms with E-state index in [0.717, 1.165) is 4.90 Å². The zero-order valence-corrected chi connectivity index (χ0v) is 18.1. The van der Waals surface area contributed by atoms with Crippen LogP contribution in [0.15, 0.2) is 35.5 Å². The molecule has 2 aliphatic heterocycles. The highest BCUT2D eigenvalue weighted by Gasteiger charge is 2.47. The minimum Gasteiger partial charge on any atom is -0.497 e. The molecule has 1 aromatic rings. The molecule has 3 rings (SSSR count). The molecule has 0 bridgehead atoms. The summed E-state index contributed by atoms with van der Waals surface area (Å²) in [5.74, 6) is -2.15. The van der Waals surface area contributed by atoms with Gasteiger partial charge in [0.1, 0.15) is 5.75 Å². The number of esters is 1. The quantitative estimate of drug-likeness (QED) is 0.365. The van der Waals surface area contributed by atoms with Gasteiger partial charge in [0.25, 0.3) is 0 Å². The maximum atomic E-state index is 12.8. The number of benzene rings is 1. The van der Waals surface area contributed by atoms with Crippen molar-refractivity contribution in [1.82, 2.24) is 20.4 Å². The van der Waals surface area contributed by atoms with Gasteiger partial charge in [0, 0.05) is 6.04 Å². The normalized spacial score (nSPS) is 18.8. The lowest BCUT2D eigenvalue weighted by atomic mass is 9.95. The van der Waals surface area contributed by atoms with Gasteiger partial charge in [-0.3, -0.25) is 14.5 Å². The standard InChI is InChI=1S/C21H24N4O7/c1-5-32-19(28)15-14(10-24-17(26)18(27)25(11(2)3)21(24)30)22-20(29)23-16(15)12-6-8-13(31-4)9-7-12/h6-9,11,16H,5,10H2,1-4H3,(H2,22,23,29)/t16-/m1/s1. The Balaban J connectivity index is 2.04. The molecule has 11 nitrogen and oxygen atoms in total. The van der Waals surface area contributed by atoms with Gasteiger partial charge in [-0.15, -0.1) is 0 Å². The topological polar surface area (TPSA) is 134 Å². The minimum atomic E-state index is -1.03. The van der Waals surface area contributed by atoms with Crippen molar-refractivity contribution in [1.29, 1.82) is 0 Å². The van der Waals surface area contributed by atoms with E-state index in [1.165, 1.54) is 7.11 Å². The molecule has 32 heavy (non-hydrogen) atoms. The summed E-state index contributed by atoms with van der Waals surface area (Å²) in [4.78, 5) is 64.1. The number of ether oxygens (including phenoxy) is 2. The Kier molecular flexibility index (Phi) is 6.47. The molecule has 0 aromatic heterocycles. The summed E-state index contributed by atoms with van der Waals surface area (Å²) in [5.41, 5.74) is 0.570. The van der Waals surface area contributed by atoms with Crippen LogP contribution in [-0.2, 0) is 19.1 Å². The van der Waals surface area contributed by atoms with Crippen molar-refractivity contribution in [3.05, 3.63) is 41.1 Å². The average Bonchev–Trinajstić information content (AvgIpc) is 2.96. The second-order valence-corrected chi connectivity index (χ2v) is 7.36. The molecular formula is C21H24N4O7. The number of nitrogens with zero attached hydrogens (tertiary/aromatic N) is 2. The van der Waals surface area contributed by atoms with E-state index in [9.17, 15) is 24.0 Å². The summed E-state index contributed by atoms with van der Waals surface area (Å²) >= 11 is 0. The van der Waals surface area contributed by atoms with Crippen LogP contribution in [0.1, 0.15) is 32.4 Å². The third-order valence-corrected chi connectivity index (χ3v) is 5.01. The molecular weight excluding hydrogens is 420 g/mol. The molecule has 2 heterocycles. The van der Waals surface area contributed by atoms with Crippen LogP contribution in [0.2, 0.25) is 0 Å². The summed E-state index contributed by atoms with van der Waals surface area (Å²) in [6.45, 7) is 4.42. The SMILES string of the molecule is CCOC(=O)C1=C(CN2C(=O)C(=O)N(C(C)C)C2=O)NC(=O)N[C@@H]1c1ccc(OC)cc1. The van der Waals surface area contributed by atoms with E-state index >= 15 is 0 Å². The van der Waals surface area contributed by atoms with Gasteiger partial charge in [-0.05, 0) is 38.5 Å². The highest BCUT2D eigenvalue weighted by molar-refractivity contribution is 6.44. The molecule has 1 saturated heterocycles. The lowest BCUT2D eigenvalue weighted by Gasteiger charge is -2.30. The van der Waals surface area contributed by atoms with E-state index in [1.807, 2.05) is 0 Å². The van der Waals surface area contributed by atoms with Crippen LogP contribution in [0.3, 0.4) is 0 Å². The summed E-state index contributed by atoms with van der Waals surface area (Å²) in [7, 11) is 1.51. The zero-order chi connectivity index (χ0) is 23.6. The van der Waals surface area contributed by atoms with Crippen LogP contribution < -0.4 is 15.4 Å². The third-order valence-electron chi connectivity index (χ3n) is 5.01. The van der Waals surface area contributed by atoms with Crippen LogP contribution in [-0.4, -0.2) is 65.9 Å². The van der Waals surface area contributed by atoms with Gasteiger partial charge < -0.3 is 20.1 Å². The molecule has 2 aliphatic rings. The van der Waals surface area contributed by atoms with Gasteiger partial charge in [-0.25, -0.2) is 19.3 Å². The number of carbonyl (C=O) groups excluding carboxylic acids is 5. The minimum absolute atomic E-state index is 0.00637.